The third-order valence-corrected chi connectivity index (χ3v) is 5.36. The Morgan fingerprint density at radius 3 is 2.77 bits per heavy atom. The molecule has 8 nitrogen and oxygen atoms in total. The van der Waals surface area contributed by atoms with Crippen molar-refractivity contribution in [3.8, 4) is 11.4 Å². The highest BCUT2D eigenvalue weighted by Crippen LogP contribution is 2.23. The molecule has 0 spiro atoms. The summed E-state index contributed by atoms with van der Waals surface area (Å²) in [5, 5.41) is 21.0. The highest BCUT2D eigenvalue weighted by Gasteiger charge is 2.32. The minimum atomic E-state index is -0.497. The number of rotatable bonds is 7. The number of ether oxygens (including phenoxy) is 1. The zero-order valence-electron chi connectivity index (χ0n) is 16.9. The van der Waals surface area contributed by atoms with Crippen LogP contribution in [0.2, 0.25) is 0 Å². The molecule has 4 rings (SSSR count). The van der Waals surface area contributed by atoms with E-state index in [0.717, 1.165) is 12.1 Å². The summed E-state index contributed by atoms with van der Waals surface area (Å²) < 4.78 is 20.8. The second kappa shape index (κ2) is 9.76. The van der Waals surface area contributed by atoms with Crippen molar-refractivity contribution in [2.45, 2.75) is 44.1 Å². The van der Waals surface area contributed by atoms with Crippen LogP contribution in [-0.4, -0.2) is 55.8 Å². The van der Waals surface area contributed by atoms with Gasteiger partial charge in [-0.15, -0.1) is 5.10 Å². The SMILES string of the molecule is O=C(N[C@H]1CC[C@@H](CCn2cc(-c3ccccn3)nn2)O[C@H]1CO)c1ccc(F)cc1. The third-order valence-electron chi connectivity index (χ3n) is 5.36. The predicted octanol–water partition coefficient (Wildman–Crippen LogP) is 2.21. The number of carbonyl (C=O) groups is 1. The van der Waals surface area contributed by atoms with E-state index < -0.39 is 11.9 Å². The number of aliphatic hydroxyl groups excluding tert-OH is 1. The monoisotopic (exact) mass is 425 g/mol. The number of aromatic nitrogens is 4. The normalized spacial score (nSPS) is 21.0. The fourth-order valence-corrected chi connectivity index (χ4v) is 3.68. The maximum absolute atomic E-state index is 13.1. The minimum Gasteiger partial charge on any atom is -0.394 e. The largest absolute Gasteiger partial charge is 0.394 e. The molecular weight excluding hydrogens is 401 g/mol. The minimum absolute atomic E-state index is 0.0568. The van der Waals surface area contributed by atoms with E-state index in [-0.39, 0.29) is 24.7 Å². The van der Waals surface area contributed by atoms with Gasteiger partial charge in [0.25, 0.3) is 5.91 Å². The van der Waals surface area contributed by atoms with Crippen molar-refractivity contribution in [2.75, 3.05) is 6.61 Å². The third kappa shape index (κ3) is 5.31. The van der Waals surface area contributed by atoms with Crippen LogP contribution < -0.4 is 5.32 Å². The van der Waals surface area contributed by atoms with Crippen molar-refractivity contribution in [1.29, 1.82) is 0 Å². The van der Waals surface area contributed by atoms with Crippen LogP contribution in [0.25, 0.3) is 11.4 Å². The summed E-state index contributed by atoms with van der Waals surface area (Å²) in [4.78, 5) is 16.7. The first kappa shape index (κ1) is 21.1. The highest BCUT2D eigenvalue weighted by atomic mass is 19.1. The molecule has 2 N–H and O–H groups in total. The van der Waals surface area contributed by atoms with Crippen LogP contribution in [0.15, 0.2) is 54.9 Å². The van der Waals surface area contributed by atoms with Crippen LogP contribution in [0.4, 0.5) is 4.39 Å². The van der Waals surface area contributed by atoms with Gasteiger partial charge < -0.3 is 15.2 Å². The smallest absolute Gasteiger partial charge is 0.251 e. The molecule has 1 aromatic carbocycles. The van der Waals surface area contributed by atoms with E-state index >= 15 is 0 Å². The number of halogens is 1. The first-order valence-corrected chi connectivity index (χ1v) is 10.3. The van der Waals surface area contributed by atoms with Gasteiger partial charge in [-0.25, -0.2) is 4.39 Å². The molecule has 0 bridgehead atoms. The molecule has 3 atom stereocenters. The van der Waals surface area contributed by atoms with Gasteiger partial charge in [-0.2, -0.15) is 0 Å². The van der Waals surface area contributed by atoms with Crippen molar-refractivity contribution >= 4 is 5.91 Å². The van der Waals surface area contributed by atoms with E-state index in [1.54, 1.807) is 10.9 Å². The molecule has 1 aliphatic rings. The number of hydrogen-bond acceptors (Lipinski definition) is 6. The van der Waals surface area contributed by atoms with E-state index in [2.05, 4.69) is 20.6 Å². The van der Waals surface area contributed by atoms with Gasteiger partial charge in [0.1, 0.15) is 17.6 Å². The van der Waals surface area contributed by atoms with Gasteiger partial charge in [-0.3, -0.25) is 14.5 Å². The summed E-state index contributed by atoms with van der Waals surface area (Å²) >= 11 is 0. The van der Waals surface area contributed by atoms with E-state index in [9.17, 15) is 14.3 Å². The molecule has 3 aromatic rings. The zero-order valence-corrected chi connectivity index (χ0v) is 16.9. The van der Waals surface area contributed by atoms with Gasteiger partial charge in [-0.05, 0) is 55.7 Å². The van der Waals surface area contributed by atoms with Gasteiger partial charge in [-0.1, -0.05) is 11.3 Å². The summed E-state index contributed by atoms with van der Waals surface area (Å²) in [6.07, 6.45) is 5.14. The van der Waals surface area contributed by atoms with Crippen LogP contribution in [0.1, 0.15) is 29.6 Å². The standard InChI is InChI=1S/C22H24FN5O3/c23-16-6-4-15(5-7-16)22(30)25-19-9-8-17(31-21(19)14-29)10-12-28-13-20(26-27-28)18-3-1-2-11-24-18/h1-7,11,13,17,19,21,29H,8-10,12,14H2,(H,25,30)/t17-,19-,21-/m0/s1. The van der Waals surface area contributed by atoms with Crippen molar-refractivity contribution in [2.24, 2.45) is 0 Å². The Balaban J connectivity index is 1.29. The highest BCUT2D eigenvalue weighted by molar-refractivity contribution is 5.94. The molecule has 2 aromatic heterocycles. The lowest BCUT2D eigenvalue weighted by atomic mass is 9.96. The predicted molar refractivity (Wildman–Crippen MR) is 111 cm³/mol. The van der Waals surface area contributed by atoms with Crippen LogP contribution in [0, 0.1) is 5.82 Å². The quantitative estimate of drug-likeness (QED) is 0.602. The Labute approximate surface area is 179 Å². The fraction of sp³-hybridized carbons (Fsp3) is 0.364. The van der Waals surface area contributed by atoms with E-state index in [1.807, 2.05) is 24.4 Å². The van der Waals surface area contributed by atoms with E-state index in [0.29, 0.717) is 30.6 Å². The number of carbonyl (C=O) groups excluding carboxylic acids is 1. The molecule has 0 unspecified atom stereocenters. The van der Waals surface area contributed by atoms with Crippen LogP contribution >= 0.6 is 0 Å². The molecule has 0 aliphatic carbocycles. The van der Waals surface area contributed by atoms with Crippen molar-refractivity contribution in [1.82, 2.24) is 25.3 Å². The number of hydrogen-bond donors (Lipinski definition) is 2. The summed E-state index contributed by atoms with van der Waals surface area (Å²) in [7, 11) is 0. The van der Waals surface area contributed by atoms with Crippen molar-refractivity contribution in [3.05, 3.63) is 66.2 Å². The molecule has 162 valence electrons. The molecule has 1 saturated heterocycles. The Kier molecular flexibility index (Phi) is 6.63. The molecule has 1 fully saturated rings. The van der Waals surface area contributed by atoms with Gasteiger partial charge in [0.05, 0.1) is 30.6 Å². The van der Waals surface area contributed by atoms with Gasteiger partial charge in [0.2, 0.25) is 0 Å². The Morgan fingerprint density at radius 1 is 1.19 bits per heavy atom. The number of benzene rings is 1. The average molecular weight is 425 g/mol. The van der Waals surface area contributed by atoms with Crippen LogP contribution in [0.5, 0.6) is 0 Å². The number of nitrogens with zero attached hydrogens (tertiary/aromatic N) is 4. The van der Waals surface area contributed by atoms with Crippen molar-refractivity contribution < 1.29 is 19.0 Å². The molecule has 3 heterocycles. The van der Waals surface area contributed by atoms with Gasteiger partial charge >= 0.3 is 0 Å². The van der Waals surface area contributed by atoms with E-state index in [1.165, 1.54) is 24.3 Å². The first-order chi connectivity index (χ1) is 15.1. The lowest BCUT2D eigenvalue weighted by molar-refractivity contribution is -0.0912. The molecule has 1 aliphatic heterocycles. The topological polar surface area (TPSA) is 102 Å². The lowest BCUT2D eigenvalue weighted by Gasteiger charge is -2.36. The maximum Gasteiger partial charge on any atom is 0.251 e. The Hall–Kier alpha value is -3.17. The summed E-state index contributed by atoms with van der Waals surface area (Å²) in [5.41, 5.74) is 1.85. The molecule has 1 amide bonds. The second-order valence-corrected chi connectivity index (χ2v) is 7.51. The van der Waals surface area contributed by atoms with Crippen molar-refractivity contribution in [3.63, 3.8) is 0 Å². The summed E-state index contributed by atoms with van der Waals surface area (Å²) in [5.74, 6) is -0.705. The first-order valence-electron chi connectivity index (χ1n) is 10.3. The zero-order chi connectivity index (χ0) is 21.6. The molecule has 0 radical (unpaired) electrons. The summed E-state index contributed by atoms with van der Waals surface area (Å²) in [6, 6.07) is 10.7. The number of amides is 1. The maximum atomic E-state index is 13.1. The second-order valence-electron chi connectivity index (χ2n) is 7.51. The molecule has 9 heteroatoms. The molecule has 31 heavy (non-hydrogen) atoms. The lowest BCUT2D eigenvalue weighted by Crippen LogP contribution is -2.51. The van der Waals surface area contributed by atoms with Gasteiger partial charge in [0.15, 0.2) is 0 Å². The van der Waals surface area contributed by atoms with E-state index in [4.69, 9.17) is 4.74 Å². The number of pyridine rings is 1. The average Bonchev–Trinajstić information content (AvgIpc) is 3.28. The Morgan fingerprint density at radius 2 is 2.03 bits per heavy atom. The Bertz CT molecular complexity index is 996. The number of aliphatic hydroxyl groups is 1. The fourth-order valence-electron chi connectivity index (χ4n) is 3.68. The number of aryl methyl sites for hydroxylation is 1. The van der Waals surface area contributed by atoms with Crippen LogP contribution in [-0.2, 0) is 11.3 Å². The molecular formula is C22H24FN5O3. The molecule has 0 saturated carbocycles. The number of nitrogens with one attached hydrogen (secondary N) is 1. The van der Waals surface area contributed by atoms with Crippen LogP contribution in [0.3, 0.4) is 0 Å². The summed E-state index contributed by atoms with van der Waals surface area (Å²) in [6.45, 7) is 0.424. The van der Waals surface area contributed by atoms with Gasteiger partial charge in [0, 0.05) is 18.3 Å².